The number of ketones is 2. The lowest BCUT2D eigenvalue weighted by Crippen LogP contribution is -2.28. The minimum atomic E-state index is -0.328. The van der Waals surface area contributed by atoms with E-state index in [0.29, 0.717) is 0 Å². The van der Waals surface area contributed by atoms with Crippen molar-refractivity contribution in [2.45, 2.75) is 25.4 Å². The Balaban J connectivity index is 1.92. The number of phenols is 1. The molecule has 0 bridgehead atoms. The second-order valence-corrected chi connectivity index (χ2v) is 5.32. The first-order valence-corrected chi connectivity index (χ1v) is 6.69. The summed E-state index contributed by atoms with van der Waals surface area (Å²) in [6.45, 7) is 0. The molecule has 1 atom stereocenters. The van der Waals surface area contributed by atoms with E-state index < -0.39 is 0 Å². The molecule has 2 aliphatic carbocycles. The summed E-state index contributed by atoms with van der Waals surface area (Å²) in [5, 5.41) is 9.87. The lowest BCUT2D eigenvalue weighted by molar-refractivity contribution is 0.0791. The van der Waals surface area contributed by atoms with Gasteiger partial charge in [0.2, 0.25) is 11.6 Å². The smallest absolute Gasteiger partial charge is 0.229 e. The molecule has 4 heteroatoms. The molecule has 1 unspecified atom stereocenters. The molecule has 1 N–H and O–H groups in total. The fourth-order valence-corrected chi connectivity index (χ4v) is 3.16. The number of carbonyl (C=O) groups excluding carboxylic acids is 2. The average Bonchev–Trinajstić information content (AvgIpc) is 2.90. The van der Waals surface area contributed by atoms with Crippen LogP contribution in [-0.2, 0) is 4.74 Å². The Labute approximate surface area is 115 Å². The Hall–Kier alpha value is -2.36. The molecule has 0 saturated heterocycles. The summed E-state index contributed by atoms with van der Waals surface area (Å²) in [7, 11) is 0. The minimum Gasteiger partial charge on any atom is -0.507 e. The highest BCUT2D eigenvalue weighted by Crippen LogP contribution is 2.40. The minimum absolute atomic E-state index is 0.0654. The molecule has 1 saturated carbocycles. The number of hydrogen-bond acceptors (Lipinski definition) is 4. The summed E-state index contributed by atoms with van der Waals surface area (Å²) in [4.78, 5) is 25.0. The van der Waals surface area contributed by atoms with Gasteiger partial charge in [0.05, 0.1) is 11.1 Å². The van der Waals surface area contributed by atoms with Gasteiger partial charge in [0.25, 0.3) is 0 Å². The molecule has 1 aliphatic heterocycles. The van der Waals surface area contributed by atoms with Crippen LogP contribution in [-0.4, -0.2) is 22.8 Å². The molecule has 100 valence electrons. The fourth-order valence-electron chi connectivity index (χ4n) is 3.16. The highest BCUT2D eigenvalue weighted by atomic mass is 16.5. The van der Waals surface area contributed by atoms with Crippen LogP contribution in [0.15, 0.2) is 41.2 Å². The van der Waals surface area contributed by atoms with Crippen LogP contribution in [0.4, 0.5) is 0 Å². The number of allylic oxidation sites excluding steroid dienone is 3. The number of phenolic OH excluding ortho intramolecular Hbond substituents is 1. The standard InChI is InChI=1S/C16H12O4/c17-11-5-2-4-9-13(11)14(18)10-7-8-3-1-6-12(8)20-16(10)15(9)19/h2,4-5,7,12,17H,1,3,6H2. The van der Waals surface area contributed by atoms with E-state index in [1.165, 1.54) is 6.07 Å². The van der Waals surface area contributed by atoms with Gasteiger partial charge in [-0.05, 0) is 43.0 Å². The average molecular weight is 268 g/mol. The zero-order chi connectivity index (χ0) is 13.9. The monoisotopic (exact) mass is 268 g/mol. The lowest BCUT2D eigenvalue weighted by Gasteiger charge is -2.27. The number of hydrogen-bond donors (Lipinski definition) is 1. The van der Waals surface area contributed by atoms with Crippen molar-refractivity contribution in [3.63, 3.8) is 0 Å². The predicted molar refractivity (Wildman–Crippen MR) is 70.6 cm³/mol. The molecule has 0 aromatic heterocycles. The summed E-state index contributed by atoms with van der Waals surface area (Å²) < 4.78 is 5.75. The molecule has 4 nitrogen and oxygen atoms in total. The third-order valence-corrected chi connectivity index (χ3v) is 4.14. The van der Waals surface area contributed by atoms with Gasteiger partial charge in [-0.2, -0.15) is 0 Å². The maximum Gasteiger partial charge on any atom is 0.229 e. The number of fused-ring (bicyclic) bond motifs is 2. The van der Waals surface area contributed by atoms with Gasteiger partial charge >= 0.3 is 0 Å². The highest BCUT2D eigenvalue weighted by molar-refractivity contribution is 6.28. The van der Waals surface area contributed by atoms with Crippen molar-refractivity contribution < 1.29 is 19.4 Å². The molecule has 1 heterocycles. The van der Waals surface area contributed by atoms with Crippen LogP contribution >= 0.6 is 0 Å². The van der Waals surface area contributed by atoms with Gasteiger partial charge in [-0.25, -0.2) is 0 Å². The summed E-state index contributed by atoms with van der Waals surface area (Å²) >= 11 is 0. The van der Waals surface area contributed by atoms with E-state index in [9.17, 15) is 14.7 Å². The van der Waals surface area contributed by atoms with Gasteiger partial charge < -0.3 is 9.84 Å². The van der Waals surface area contributed by atoms with Crippen molar-refractivity contribution >= 4 is 11.6 Å². The van der Waals surface area contributed by atoms with Gasteiger partial charge in [0.1, 0.15) is 11.9 Å². The van der Waals surface area contributed by atoms with Gasteiger partial charge in [-0.15, -0.1) is 0 Å². The van der Waals surface area contributed by atoms with Crippen molar-refractivity contribution in [3.8, 4) is 5.75 Å². The zero-order valence-electron chi connectivity index (χ0n) is 10.7. The van der Waals surface area contributed by atoms with Crippen molar-refractivity contribution in [2.24, 2.45) is 0 Å². The zero-order valence-corrected chi connectivity index (χ0v) is 10.7. The number of rotatable bonds is 0. The second-order valence-electron chi connectivity index (χ2n) is 5.32. The van der Waals surface area contributed by atoms with Crippen LogP contribution in [0.1, 0.15) is 40.0 Å². The molecule has 0 radical (unpaired) electrons. The molecule has 1 aromatic rings. The van der Waals surface area contributed by atoms with Crippen LogP contribution in [0.2, 0.25) is 0 Å². The first-order chi connectivity index (χ1) is 9.66. The van der Waals surface area contributed by atoms with Gasteiger partial charge in [-0.1, -0.05) is 6.07 Å². The number of carbonyl (C=O) groups is 2. The molecule has 20 heavy (non-hydrogen) atoms. The van der Waals surface area contributed by atoms with Crippen molar-refractivity contribution in [3.05, 3.63) is 52.3 Å². The molecule has 0 spiro atoms. The van der Waals surface area contributed by atoms with Gasteiger partial charge in [0, 0.05) is 5.56 Å². The van der Waals surface area contributed by atoms with E-state index in [-0.39, 0.29) is 45.9 Å². The largest absolute Gasteiger partial charge is 0.507 e. The quantitative estimate of drug-likeness (QED) is 0.785. The van der Waals surface area contributed by atoms with Crippen LogP contribution in [0.3, 0.4) is 0 Å². The van der Waals surface area contributed by atoms with Crippen LogP contribution in [0.25, 0.3) is 0 Å². The predicted octanol–water partition coefficient (Wildman–Crippen LogP) is 2.53. The first kappa shape index (κ1) is 11.5. The molecule has 3 aliphatic rings. The van der Waals surface area contributed by atoms with E-state index in [2.05, 4.69) is 0 Å². The SMILES string of the molecule is O=C1C2=C(C=C3CCCC3O2)C(=O)c2c(O)cccc21. The van der Waals surface area contributed by atoms with Crippen molar-refractivity contribution in [1.29, 1.82) is 0 Å². The highest BCUT2D eigenvalue weighted by Gasteiger charge is 2.40. The van der Waals surface area contributed by atoms with Gasteiger partial charge in [-0.3, -0.25) is 9.59 Å². The fraction of sp³-hybridized carbons (Fsp3) is 0.250. The molecular formula is C16H12O4. The molecule has 0 amide bonds. The Kier molecular flexibility index (Phi) is 2.19. The number of ether oxygens (including phenoxy) is 1. The number of Topliss-reactive ketones (excluding diaryl/α,β-unsaturated/α-hetero) is 2. The van der Waals surface area contributed by atoms with Crippen LogP contribution in [0.5, 0.6) is 5.75 Å². The van der Waals surface area contributed by atoms with Crippen molar-refractivity contribution in [1.82, 2.24) is 0 Å². The molecule has 4 rings (SSSR count). The summed E-state index contributed by atoms with van der Waals surface area (Å²) in [5.74, 6) is -0.652. The van der Waals surface area contributed by atoms with E-state index in [0.717, 1.165) is 24.8 Å². The second kappa shape index (κ2) is 3.82. The van der Waals surface area contributed by atoms with E-state index in [1.807, 2.05) is 0 Å². The van der Waals surface area contributed by atoms with Crippen LogP contribution < -0.4 is 0 Å². The maximum absolute atomic E-state index is 12.5. The maximum atomic E-state index is 12.5. The summed E-state index contributed by atoms with van der Waals surface area (Å²) in [5.41, 5.74) is 1.68. The Morgan fingerprint density at radius 1 is 1.20 bits per heavy atom. The number of aromatic hydroxyl groups is 1. The number of benzene rings is 1. The first-order valence-electron chi connectivity index (χ1n) is 6.69. The molecular weight excluding hydrogens is 256 g/mol. The third-order valence-electron chi connectivity index (χ3n) is 4.14. The van der Waals surface area contributed by atoms with Crippen LogP contribution in [0, 0.1) is 0 Å². The topological polar surface area (TPSA) is 63.6 Å². The Morgan fingerprint density at radius 3 is 2.90 bits per heavy atom. The van der Waals surface area contributed by atoms with E-state index in [4.69, 9.17) is 4.74 Å². The van der Waals surface area contributed by atoms with E-state index in [1.54, 1.807) is 18.2 Å². The van der Waals surface area contributed by atoms with E-state index >= 15 is 0 Å². The van der Waals surface area contributed by atoms with Gasteiger partial charge in [0.15, 0.2) is 5.76 Å². The summed E-state index contributed by atoms with van der Waals surface area (Å²) in [6.07, 6.45) is 4.52. The molecule has 1 fully saturated rings. The summed E-state index contributed by atoms with van der Waals surface area (Å²) in [6, 6.07) is 4.53. The Morgan fingerprint density at radius 2 is 2.05 bits per heavy atom. The lowest BCUT2D eigenvalue weighted by atomic mass is 9.85. The molecule has 1 aromatic carbocycles. The van der Waals surface area contributed by atoms with Crippen molar-refractivity contribution in [2.75, 3.05) is 0 Å². The third kappa shape index (κ3) is 1.36. The Bertz CT molecular complexity index is 724. The normalized spacial score (nSPS) is 23.8.